The molecule has 60 valence electrons. The largest absolute Gasteiger partial charge is 0.313 e. The summed E-state index contributed by atoms with van der Waals surface area (Å²) in [5.41, 5.74) is 0. The van der Waals surface area contributed by atoms with Crippen molar-refractivity contribution in [1.82, 2.24) is 15.1 Å². The molecule has 1 heterocycles. The predicted molar refractivity (Wildman–Crippen MR) is 43.0 cm³/mol. The fourth-order valence-electron chi connectivity index (χ4n) is 1.37. The zero-order valence-electron chi connectivity index (χ0n) is 7.09. The predicted octanol–water partition coefficient (Wildman–Crippen LogP) is -0.591. The molecular formula is C7H17N3. The summed E-state index contributed by atoms with van der Waals surface area (Å²) in [4.78, 5) is 4.61. The summed E-state index contributed by atoms with van der Waals surface area (Å²) in [6, 6.07) is 0. The topological polar surface area (TPSA) is 18.5 Å². The summed E-state index contributed by atoms with van der Waals surface area (Å²) in [7, 11) is 6.41. The molecule has 0 saturated carbocycles. The molecule has 3 heteroatoms. The molecule has 1 saturated heterocycles. The van der Waals surface area contributed by atoms with Gasteiger partial charge in [-0.15, -0.1) is 0 Å². The van der Waals surface area contributed by atoms with Crippen molar-refractivity contribution in [1.29, 1.82) is 0 Å². The highest BCUT2D eigenvalue weighted by Crippen LogP contribution is 2.00. The first kappa shape index (κ1) is 7.98. The van der Waals surface area contributed by atoms with Gasteiger partial charge in [0.1, 0.15) is 0 Å². The maximum atomic E-state index is 3.36. The Labute approximate surface area is 63.0 Å². The SMILES string of the molecule is CN(C)C1CNCCN1C. The fraction of sp³-hybridized carbons (Fsp3) is 1.00. The Balaban J connectivity index is 2.40. The number of nitrogens with one attached hydrogen (secondary N) is 1. The van der Waals surface area contributed by atoms with E-state index >= 15 is 0 Å². The lowest BCUT2D eigenvalue weighted by Gasteiger charge is -2.37. The molecule has 0 radical (unpaired) electrons. The van der Waals surface area contributed by atoms with Crippen LogP contribution in [0.15, 0.2) is 0 Å². The van der Waals surface area contributed by atoms with Crippen molar-refractivity contribution >= 4 is 0 Å². The maximum Gasteiger partial charge on any atom is 0.0744 e. The Kier molecular flexibility index (Phi) is 2.65. The average molecular weight is 143 g/mol. The third kappa shape index (κ3) is 1.68. The maximum absolute atomic E-state index is 3.36. The summed E-state index contributed by atoms with van der Waals surface area (Å²) < 4.78 is 0. The minimum absolute atomic E-state index is 0.578. The molecular weight excluding hydrogens is 126 g/mol. The number of piperazine rings is 1. The smallest absolute Gasteiger partial charge is 0.0744 e. The van der Waals surface area contributed by atoms with Crippen LogP contribution in [0.1, 0.15) is 0 Å². The zero-order chi connectivity index (χ0) is 7.56. The number of hydrogen-bond donors (Lipinski definition) is 1. The molecule has 0 aromatic heterocycles. The van der Waals surface area contributed by atoms with Gasteiger partial charge in [0.15, 0.2) is 0 Å². The Hall–Kier alpha value is -0.120. The summed E-state index contributed by atoms with van der Waals surface area (Å²) in [5, 5.41) is 3.36. The standard InChI is InChI=1S/C7H17N3/c1-9(2)7-6-8-4-5-10(7)3/h7-8H,4-6H2,1-3H3. The van der Waals surface area contributed by atoms with Crippen LogP contribution in [0.5, 0.6) is 0 Å². The second-order valence-electron chi connectivity index (χ2n) is 3.13. The van der Waals surface area contributed by atoms with Gasteiger partial charge in [-0.25, -0.2) is 0 Å². The molecule has 1 unspecified atom stereocenters. The summed E-state index contributed by atoms with van der Waals surface area (Å²) >= 11 is 0. The Morgan fingerprint density at radius 2 is 2.20 bits per heavy atom. The first-order valence-corrected chi connectivity index (χ1v) is 3.79. The zero-order valence-corrected chi connectivity index (χ0v) is 7.09. The van der Waals surface area contributed by atoms with E-state index in [0.29, 0.717) is 6.17 Å². The number of rotatable bonds is 1. The van der Waals surface area contributed by atoms with Crippen molar-refractivity contribution in [3.63, 3.8) is 0 Å². The van der Waals surface area contributed by atoms with Gasteiger partial charge >= 0.3 is 0 Å². The Morgan fingerprint density at radius 3 is 2.60 bits per heavy atom. The van der Waals surface area contributed by atoms with E-state index in [9.17, 15) is 0 Å². The van der Waals surface area contributed by atoms with E-state index in [-0.39, 0.29) is 0 Å². The number of hydrogen-bond acceptors (Lipinski definition) is 3. The van der Waals surface area contributed by atoms with Gasteiger partial charge in [0, 0.05) is 19.6 Å². The second-order valence-corrected chi connectivity index (χ2v) is 3.13. The van der Waals surface area contributed by atoms with Crippen LogP contribution in [-0.4, -0.2) is 56.7 Å². The second kappa shape index (κ2) is 3.32. The highest BCUT2D eigenvalue weighted by molar-refractivity contribution is 4.74. The molecule has 0 spiro atoms. The number of likely N-dealkylation sites (N-methyl/N-ethyl adjacent to an activating group) is 2. The molecule has 1 aliphatic rings. The van der Waals surface area contributed by atoms with E-state index in [1.54, 1.807) is 0 Å². The van der Waals surface area contributed by atoms with Crippen LogP contribution in [0, 0.1) is 0 Å². The van der Waals surface area contributed by atoms with E-state index in [4.69, 9.17) is 0 Å². The van der Waals surface area contributed by atoms with Crippen molar-refractivity contribution in [3.05, 3.63) is 0 Å². The van der Waals surface area contributed by atoms with Gasteiger partial charge in [-0.3, -0.25) is 9.80 Å². The molecule has 1 atom stereocenters. The van der Waals surface area contributed by atoms with Gasteiger partial charge < -0.3 is 5.32 Å². The molecule has 0 amide bonds. The van der Waals surface area contributed by atoms with Gasteiger partial charge in [-0.1, -0.05) is 0 Å². The molecule has 0 aliphatic carbocycles. The number of nitrogens with zero attached hydrogens (tertiary/aromatic N) is 2. The first-order chi connectivity index (χ1) is 4.72. The Morgan fingerprint density at radius 1 is 1.50 bits per heavy atom. The fourth-order valence-corrected chi connectivity index (χ4v) is 1.37. The molecule has 3 nitrogen and oxygen atoms in total. The minimum atomic E-state index is 0.578. The normalized spacial score (nSPS) is 29.4. The van der Waals surface area contributed by atoms with Crippen LogP contribution in [0.25, 0.3) is 0 Å². The van der Waals surface area contributed by atoms with Gasteiger partial charge in [-0.2, -0.15) is 0 Å². The molecule has 1 fully saturated rings. The molecule has 1 N–H and O–H groups in total. The average Bonchev–Trinajstić information content (AvgIpc) is 1.88. The van der Waals surface area contributed by atoms with Gasteiger partial charge in [0.25, 0.3) is 0 Å². The van der Waals surface area contributed by atoms with E-state index in [2.05, 4.69) is 36.3 Å². The van der Waals surface area contributed by atoms with Crippen LogP contribution in [-0.2, 0) is 0 Å². The van der Waals surface area contributed by atoms with Gasteiger partial charge in [0.2, 0.25) is 0 Å². The summed E-state index contributed by atoms with van der Waals surface area (Å²) in [5.74, 6) is 0. The van der Waals surface area contributed by atoms with E-state index in [0.717, 1.165) is 19.6 Å². The van der Waals surface area contributed by atoms with Gasteiger partial charge in [0.05, 0.1) is 6.17 Å². The van der Waals surface area contributed by atoms with Crippen molar-refractivity contribution < 1.29 is 0 Å². The molecule has 0 bridgehead atoms. The lowest BCUT2D eigenvalue weighted by atomic mass is 10.3. The van der Waals surface area contributed by atoms with Gasteiger partial charge in [-0.05, 0) is 21.1 Å². The molecule has 1 rings (SSSR count). The summed E-state index contributed by atoms with van der Waals surface area (Å²) in [6.07, 6.45) is 0.578. The lowest BCUT2D eigenvalue weighted by molar-refractivity contribution is 0.0808. The van der Waals surface area contributed by atoms with Crippen molar-refractivity contribution in [2.24, 2.45) is 0 Å². The quantitative estimate of drug-likeness (QED) is 0.529. The lowest BCUT2D eigenvalue weighted by Crippen LogP contribution is -2.55. The van der Waals surface area contributed by atoms with Crippen molar-refractivity contribution in [2.75, 3.05) is 40.8 Å². The highest BCUT2D eigenvalue weighted by Gasteiger charge is 2.19. The third-order valence-corrected chi connectivity index (χ3v) is 2.07. The molecule has 1 aliphatic heterocycles. The summed E-state index contributed by atoms with van der Waals surface area (Å²) in [6.45, 7) is 3.37. The van der Waals surface area contributed by atoms with Crippen LogP contribution in [0.2, 0.25) is 0 Å². The Bertz CT molecular complexity index is 103. The van der Waals surface area contributed by atoms with E-state index in [1.165, 1.54) is 0 Å². The first-order valence-electron chi connectivity index (χ1n) is 3.79. The molecule has 0 aromatic rings. The monoisotopic (exact) mass is 143 g/mol. The highest BCUT2D eigenvalue weighted by atomic mass is 15.4. The van der Waals surface area contributed by atoms with Crippen molar-refractivity contribution in [2.45, 2.75) is 6.17 Å². The van der Waals surface area contributed by atoms with Crippen LogP contribution in [0.4, 0.5) is 0 Å². The molecule has 0 aromatic carbocycles. The van der Waals surface area contributed by atoms with E-state index in [1.807, 2.05) is 0 Å². The minimum Gasteiger partial charge on any atom is -0.313 e. The van der Waals surface area contributed by atoms with Crippen molar-refractivity contribution in [3.8, 4) is 0 Å². The third-order valence-electron chi connectivity index (χ3n) is 2.07. The van der Waals surface area contributed by atoms with E-state index < -0.39 is 0 Å². The van der Waals surface area contributed by atoms with Crippen LogP contribution >= 0.6 is 0 Å². The van der Waals surface area contributed by atoms with Crippen LogP contribution in [0.3, 0.4) is 0 Å². The molecule has 10 heavy (non-hydrogen) atoms. The van der Waals surface area contributed by atoms with Crippen LogP contribution < -0.4 is 5.32 Å².